The summed E-state index contributed by atoms with van der Waals surface area (Å²) in [7, 11) is 0. The van der Waals surface area contributed by atoms with Gasteiger partial charge in [-0.05, 0) is 31.9 Å². The monoisotopic (exact) mass is 359 g/mol. The van der Waals surface area contributed by atoms with E-state index in [1.165, 1.54) is 25.1 Å². The summed E-state index contributed by atoms with van der Waals surface area (Å²) >= 11 is 0. The number of amides is 4. The summed E-state index contributed by atoms with van der Waals surface area (Å²) in [6.07, 6.45) is 4.67. The minimum Gasteiger partial charge on any atom is -0.274 e. The maximum absolute atomic E-state index is 13.6. The predicted octanol–water partition coefficient (Wildman–Crippen LogP) is 0.926. The van der Waals surface area contributed by atoms with Gasteiger partial charge in [0.15, 0.2) is 0 Å². The van der Waals surface area contributed by atoms with Crippen molar-refractivity contribution in [1.29, 1.82) is 0 Å². The second-order valence-corrected chi connectivity index (χ2v) is 6.30. The lowest BCUT2D eigenvalue weighted by Gasteiger charge is -2.22. The Balaban J connectivity index is 1.63. The third-order valence-corrected chi connectivity index (χ3v) is 4.73. The van der Waals surface area contributed by atoms with Crippen LogP contribution in [-0.4, -0.2) is 34.6 Å². The number of halogens is 1. The fourth-order valence-electron chi connectivity index (χ4n) is 3.26. The molecular formula is C18H18FN3O4. The average Bonchev–Trinajstić information content (AvgIpc) is 2.90. The van der Waals surface area contributed by atoms with E-state index >= 15 is 0 Å². The number of imide groups is 1. The molecule has 0 spiro atoms. The van der Waals surface area contributed by atoms with E-state index in [0.29, 0.717) is 12.8 Å². The van der Waals surface area contributed by atoms with Crippen molar-refractivity contribution >= 4 is 23.6 Å². The zero-order valence-corrected chi connectivity index (χ0v) is 14.1. The average molecular weight is 359 g/mol. The molecular weight excluding hydrogens is 341 g/mol. The van der Waals surface area contributed by atoms with Crippen molar-refractivity contribution in [3.05, 3.63) is 47.8 Å². The van der Waals surface area contributed by atoms with Crippen LogP contribution >= 0.6 is 0 Å². The zero-order chi connectivity index (χ0) is 18.8. The Morgan fingerprint density at radius 2 is 1.65 bits per heavy atom. The molecule has 0 saturated carbocycles. The van der Waals surface area contributed by atoms with Gasteiger partial charge in [-0.3, -0.25) is 34.9 Å². The SMILES string of the molecule is C[C@@H](C(=O)NNC(=O)c1ccccc1F)N1C(=O)[C@H]2CC=CC[C@@H]2C1=O. The molecule has 1 aliphatic heterocycles. The number of carbonyl (C=O) groups is 4. The van der Waals surface area contributed by atoms with Crippen molar-refractivity contribution in [3.63, 3.8) is 0 Å². The fourth-order valence-corrected chi connectivity index (χ4v) is 3.26. The zero-order valence-electron chi connectivity index (χ0n) is 14.1. The first-order chi connectivity index (χ1) is 12.4. The number of nitrogens with one attached hydrogen (secondary N) is 2. The molecule has 4 amide bonds. The minimum atomic E-state index is -1.08. The topological polar surface area (TPSA) is 95.6 Å². The molecule has 1 aromatic carbocycles. The van der Waals surface area contributed by atoms with Gasteiger partial charge in [0.05, 0.1) is 17.4 Å². The highest BCUT2D eigenvalue weighted by Gasteiger charge is 2.50. The van der Waals surface area contributed by atoms with Crippen molar-refractivity contribution in [3.8, 4) is 0 Å². The molecule has 7 nitrogen and oxygen atoms in total. The molecule has 1 aromatic rings. The number of hydrazine groups is 1. The highest BCUT2D eigenvalue weighted by atomic mass is 19.1. The number of rotatable bonds is 3. The van der Waals surface area contributed by atoms with Crippen LogP contribution in [0.5, 0.6) is 0 Å². The molecule has 1 heterocycles. The number of fused-ring (bicyclic) bond motifs is 1. The van der Waals surface area contributed by atoms with Crippen LogP contribution in [0.25, 0.3) is 0 Å². The molecule has 1 aliphatic carbocycles. The highest BCUT2D eigenvalue weighted by Crippen LogP contribution is 2.35. The van der Waals surface area contributed by atoms with Crippen LogP contribution in [0.2, 0.25) is 0 Å². The first-order valence-electron chi connectivity index (χ1n) is 8.28. The van der Waals surface area contributed by atoms with E-state index in [1.54, 1.807) is 0 Å². The summed E-state index contributed by atoms with van der Waals surface area (Å²) < 4.78 is 13.6. The van der Waals surface area contributed by atoms with Gasteiger partial charge in [0.1, 0.15) is 11.9 Å². The van der Waals surface area contributed by atoms with Crippen molar-refractivity contribution in [1.82, 2.24) is 15.8 Å². The minimum absolute atomic E-state index is 0.231. The number of likely N-dealkylation sites (tertiary alicyclic amines) is 1. The van der Waals surface area contributed by atoms with E-state index in [2.05, 4.69) is 10.9 Å². The number of hydrogen-bond donors (Lipinski definition) is 2. The Morgan fingerprint density at radius 1 is 1.08 bits per heavy atom. The second-order valence-electron chi connectivity index (χ2n) is 6.30. The molecule has 2 aliphatic rings. The maximum atomic E-state index is 13.6. The standard InChI is InChI=1S/C18H18FN3O4/c1-10(22-17(25)11-6-2-3-7-12(11)18(22)26)15(23)20-21-16(24)13-8-4-5-9-14(13)19/h2-5,8-12H,6-7H2,1H3,(H,20,23)(H,21,24)/t10-,11-,12-/m0/s1. The lowest BCUT2D eigenvalue weighted by Crippen LogP contribution is -2.53. The first kappa shape index (κ1) is 17.8. The van der Waals surface area contributed by atoms with Gasteiger partial charge in [0.2, 0.25) is 11.8 Å². The molecule has 2 N–H and O–H groups in total. The van der Waals surface area contributed by atoms with Crippen LogP contribution in [0.1, 0.15) is 30.1 Å². The van der Waals surface area contributed by atoms with Crippen molar-refractivity contribution in [2.24, 2.45) is 11.8 Å². The van der Waals surface area contributed by atoms with Crippen LogP contribution in [0.3, 0.4) is 0 Å². The molecule has 26 heavy (non-hydrogen) atoms. The Kier molecular flexibility index (Phi) is 4.83. The molecule has 1 fully saturated rings. The predicted molar refractivity (Wildman–Crippen MR) is 88.7 cm³/mol. The van der Waals surface area contributed by atoms with Gasteiger partial charge in [0.25, 0.3) is 11.8 Å². The third-order valence-electron chi connectivity index (χ3n) is 4.73. The summed E-state index contributed by atoms with van der Waals surface area (Å²) in [5.41, 5.74) is 4.01. The maximum Gasteiger partial charge on any atom is 0.272 e. The molecule has 0 bridgehead atoms. The van der Waals surface area contributed by atoms with Crippen LogP contribution in [-0.2, 0) is 14.4 Å². The molecule has 3 rings (SSSR count). The van der Waals surface area contributed by atoms with Gasteiger partial charge in [-0.25, -0.2) is 4.39 Å². The van der Waals surface area contributed by atoms with Crippen LogP contribution in [0.15, 0.2) is 36.4 Å². The molecule has 136 valence electrons. The van der Waals surface area contributed by atoms with Crippen molar-refractivity contribution in [2.45, 2.75) is 25.8 Å². The van der Waals surface area contributed by atoms with Crippen molar-refractivity contribution < 1.29 is 23.6 Å². The van der Waals surface area contributed by atoms with Gasteiger partial charge in [0, 0.05) is 0 Å². The second kappa shape index (κ2) is 7.07. The Hall–Kier alpha value is -3.03. The number of nitrogens with zero attached hydrogens (tertiary/aromatic N) is 1. The molecule has 3 atom stereocenters. The summed E-state index contributed by atoms with van der Waals surface area (Å²) in [6, 6.07) is 4.23. The fraction of sp³-hybridized carbons (Fsp3) is 0.333. The summed E-state index contributed by atoms with van der Waals surface area (Å²) in [5.74, 6) is -3.93. The van der Waals surface area contributed by atoms with Gasteiger partial charge in [-0.1, -0.05) is 24.3 Å². The first-order valence-corrected chi connectivity index (χ1v) is 8.28. The van der Waals surface area contributed by atoms with E-state index < -0.39 is 35.5 Å². The van der Waals surface area contributed by atoms with E-state index in [1.807, 2.05) is 12.2 Å². The molecule has 0 unspecified atom stereocenters. The van der Waals surface area contributed by atoms with Gasteiger partial charge in [-0.15, -0.1) is 0 Å². The van der Waals surface area contributed by atoms with Crippen molar-refractivity contribution in [2.75, 3.05) is 0 Å². The normalized spacial score (nSPS) is 22.8. The smallest absolute Gasteiger partial charge is 0.272 e. The van der Waals surface area contributed by atoms with Gasteiger partial charge >= 0.3 is 0 Å². The number of allylic oxidation sites excluding steroid dienone is 2. The summed E-state index contributed by atoms with van der Waals surface area (Å²) in [6.45, 7) is 1.41. The van der Waals surface area contributed by atoms with Crippen LogP contribution in [0.4, 0.5) is 4.39 Å². The number of carbonyl (C=O) groups excluding carboxylic acids is 4. The van der Waals surface area contributed by atoms with Crippen LogP contribution in [0, 0.1) is 17.7 Å². The van der Waals surface area contributed by atoms with E-state index in [9.17, 15) is 23.6 Å². The van der Waals surface area contributed by atoms with E-state index in [0.717, 1.165) is 11.0 Å². The molecule has 0 aromatic heterocycles. The molecule has 8 heteroatoms. The van der Waals surface area contributed by atoms with Gasteiger partial charge in [-0.2, -0.15) is 0 Å². The lowest BCUT2D eigenvalue weighted by atomic mass is 9.85. The highest BCUT2D eigenvalue weighted by molar-refractivity contribution is 6.08. The Bertz CT molecular complexity index is 781. The summed E-state index contributed by atoms with van der Waals surface area (Å²) in [5, 5.41) is 0. The quantitative estimate of drug-likeness (QED) is 0.477. The Morgan fingerprint density at radius 3 is 2.23 bits per heavy atom. The van der Waals surface area contributed by atoms with E-state index in [4.69, 9.17) is 0 Å². The molecule has 0 radical (unpaired) electrons. The van der Waals surface area contributed by atoms with E-state index in [-0.39, 0.29) is 17.4 Å². The number of benzene rings is 1. The number of hydrogen-bond acceptors (Lipinski definition) is 4. The van der Waals surface area contributed by atoms with Gasteiger partial charge < -0.3 is 0 Å². The third kappa shape index (κ3) is 3.10. The lowest BCUT2D eigenvalue weighted by molar-refractivity contribution is -0.147. The summed E-state index contributed by atoms with van der Waals surface area (Å²) in [4.78, 5) is 50.1. The Labute approximate surface area is 149 Å². The molecule has 1 saturated heterocycles. The largest absolute Gasteiger partial charge is 0.274 e. The van der Waals surface area contributed by atoms with Crippen LogP contribution < -0.4 is 10.9 Å².